The highest BCUT2D eigenvalue weighted by atomic mass is 35.5. The van der Waals surface area contributed by atoms with E-state index in [4.69, 9.17) is 16.0 Å². The molecule has 30 heavy (non-hydrogen) atoms. The van der Waals surface area contributed by atoms with Crippen molar-refractivity contribution in [2.24, 2.45) is 0 Å². The van der Waals surface area contributed by atoms with Crippen molar-refractivity contribution in [1.29, 1.82) is 0 Å². The number of hydrogen-bond donors (Lipinski definition) is 0. The summed E-state index contributed by atoms with van der Waals surface area (Å²) in [5.74, 6) is 0.802. The Morgan fingerprint density at radius 2 is 1.77 bits per heavy atom. The maximum Gasteiger partial charge on any atom is 0.247 e. The lowest BCUT2D eigenvalue weighted by Crippen LogP contribution is -2.45. The van der Waals surface area contributed by atoms with Crippen molar-refractivity contribution >= 4 is 34.5 Å². The van der Waals surface area contributed by atoms with Gasteiger partial charge in [-0.1, -0.05) is 35.9 Å². The summed E-state index contributed by atoms with van der Waals surface area (Å²) in [5, 5.41) is 0.637. The van der Waals surface area contributed by atoms with E-state index in [-0.39, 0.29) is 30.2 Å². The number of aromatic nitrogens is 1. The molecule has 154 valence electrons. The minimum atomic E-state index is -0.366. The molecule has 2 aliphatic rings. The number of fused-ring (bicyclic) bond motifs is 1. The number of carbonyl (C=O) groups is 2. The van der Waals surface area contributed by atoms with Gasteiger partial charge in [-0.15, -0.1) is 0 Å². The van der Waals surface area contributed by atoms with Gasteiger partial charge in [0, 0.05) is 10.9 Å². The van der Waals surface area contributed by atoms with E-state index >= 15 is 0 Å². The number of piperidine rings is 1. The summed E-state index contributed by atoms with van der Waals surface area (Å²) >= 11 is 5.92. The molecule has 7 heteroatoms. The van der Waals surface area contributed by atoms with Crippen LogP contribution in [-0.4, -0.2) is 45.7 Å². The van der Waals surface area contributed by atoms with Crippen LogP contribution in [0, 0.1) is 0 Å². The largest absolute Gasteiger partial charge is 0.440 e. The highest BCUT2D eigenvalue weighted by Gasteiger charge is 2.43. The quantitative estimate of drug-likeness (QED) is 0.593. The first-order valence-electron chi connectivity index (χ1n) is 10.3. The van der Waals surface area contributed by atoms with E-state index in [0.29, 0.717) is 11.6 Å². The third-order valence-electron chi connectivity index (χ3n) is 6.10. The van der Waals surface area contributed by atoms with Crippen molar-refractivity contribution in [3.63, 3.8) is 0 Å². The number of carbonyl (C=O) groups excluding carboxylic acids is 2. The molecule has 2 aromatic carbocycles. The monoisotopic (exact) mass is 423 g/mol. The first-order valence-corrected chi connectivity index (χ1v) is 10.6. The lowest BCUT2D eigenvalue weighted by atomic mass is 9.95. The number of para-hydroxylation sites is 2. The minimum Gasteiger partial charge on any atom is -0.440 e. The Morgan fingerprint density at radius 3 is 2.50 bits per heavy atom. The first-order chi connectivity index (χ1) is 14.6. The predicted octanol–water partition coefficient (Wildman–Crippen LogP) is 3.99. The molecule has 0 N–H and O–H groups in total. The van der Waals surface area contributed by atoms with Crippen LogP contribution in [0.1, 0.15) is 36.6 Å². The Balaban J connectivity index is 1.23. The summed E-state index contributed by atoms with van der Waals surface area (Å²) in [7, 11) is 0. The molecule has 0 unspecified atom stereocenters. The number of hydrogen-bond acceptors (Lipinski definition) is 5. The van der Waals surface area contributed by atoms with Crippen LogP contribution in [-0.2, 0) is 16.1 Å². The van der Waals surface area contributed by atoms with E-state index in [0.717, 1.165) is 48.5 Å². The van der Waals surface area contributed by atoms with Gasteiger partial charge in [-0.25, -0.2) is 4.98 Å². The lowest BCUT2D eigenvalue weighted by Gasteiger charge is -2.33. The number of benzene rings is 2. The minimum absolute atomic E-state index is 0.102. The fourth-order valence-electron chi connectivity index (χ4n) is 4.41. The van der Waals surface area contributed by atoms with Crippen LogP contribution in [0.5, 0.6) is 0 Å². The third kappa shape index (κ3) is 3.61. The van der Waals surface area contributed by atoms with Gasteiger partial charge in [0.2, 0.25) is 11.8 Å². The van der Waals surface area contributed by atoms with Crippen LogP contribution in [0.4, 0.5) is 0 Å². The van der Waals surface area contributed by atoms with E-state index < -0.39 is 0 Å². The maximum atomic E-state index is 13.0. The standard InChI is InChI=1S/C23H22ClN3O3/c24-17-7-5-15(6-8-17)14-27-21(28)13-19(23(27)29)26-11-9-16(10-12-26)22-25-18-3-1-2-4-20(18)30-22/h1-8,16,19H,9-14H2/t19-/m1/s1. The number of halogens is 1. The van der Waals surface area contributed by atoms with Crippen LogP contribution in [0.2, 0.25) is 5.02 Å². The zero-order valence-corrected chi connectivity index (χ0v) is 17.2. The molecule has 3 heterocycles. The number of oxazole rings is 1. The molecule has 3 aromatic rings. The summed E-state index contributed by atoms with van der Waals surface area (Å²) < 4.78 is 5.93. The van der Waals surface area contributed by atoms with Gasteiger partial charge in [0.1, 0.15) is 5.52 Å². The smallest absolute Gasteiger partial charge is 0.247 e. The molecule has 0 bridgehead atoms. The average molecular weight is 424 g/mol. The zero-order valence-electron chi connectivity index (χ0n) is 16.5. The van der Waals surface area contributed by atoms with Gasteiger partial charge in [-0.3, -0.25) is 19.4 Å². The Kier molecular flexibility index (Phi) is 5.05. The summed E-state index contributed by atoms with van der Waals surface area (Å²) in [5.41, 5.74) is 2.59. The number of likely N-dealkylation sites (tertiary alicyclic amines) is 2. The second kappa shape index (κ2) is 7.85. The number of amides is 2. The number of nitrogens with zero attached hydrogens (tertiary/aromatic N) is 3. The van der Waals surface area contributed by atoms with E-state index in [9.17, 15) is 9.59 Å². The molecular weight excluding hydrogens is 402 g/mol. The normalized spacial score (nSPS) is 21.1. The van der Waals surface area contributed by atoms with Gasteiger partial charge in [-0.2, -0.15) is 0 Å². The Morgan fingerprint density at radius 1 is 1.03 bits per heavy atom. The molecule has 0 saturated carbocycles. The van der Waals surface area contributed by atoms with Crippen molar-refractivity contribution in [3.8, 4) is 0 Å². The summed E-state index contributed by atoms with van der Waals surface area (Å²) in [6.45, 7) is 1.80. The Hall–Kier alpha value is -2.70. The van der Waals surface area contributed by atoms with Gasteiger partial charge in [0.15, 0.2) is 11.5 Å². The molecule has 2 saturated heterocycles. The van der Waals surface area contributed by atoms with Gasteiger partial charge in [0.05, 0.1) is 19.0 Å². The van der Waals surface area contributed by atoms with Crippen LogP contribution in [0.25, 0.3) is 11.1 Å². The highest BCUT2D eigenvalue weighted by Crippen LogP contribution is 2.32. The van der Waals surface area contributed by atoms with Crippen molar-refractivity contribution in [3.05, 3.63) is 65.0 Å². The topological polar surface area (TPSA) is 66.7 Å². The molecule has 2 aliphatic heterocycles. The molecule has 6 nitrogen and oxygen atoms in total. The molecule has 2 fully saturated rings. The van der Waals surface area contributed by atoms with Gasteiger partial charge in [-0.05, 0) is 55.8 Å². The Labute approximate surface area is 179 Å². The second-order valence-electron chi connectivity index (χ2n) is 7.99. The van der Waals surface area contributed by atoms with Crippen LogP contribution < -0.4 is 0 Å². The van der Waals surface area contributed by atoms with E-state index in [2.05, 4.69) is 9.88 Å². The van der Waals surface area contributed by atoms with Gasteiger partial charge >= 0.3 is 0 Å². The van der Waals surface area contributed by atoms with Crippen molar-refractivity contribution in [2.75, 3.05) is 13.1 Å². The fraction of sp³-hybridized carbons (Fsp3) is 0.348. The molecule has 5 rings (SSSR count). The molecule has 0 spiro atoms. The third-order valence-corrected chi connectivity index (χ3v) is 6.36. The molecule has 2 amide bonds. The van der Waals surface area contributed by atoms with Crippen molar-refractivity contribution in [2.45, 2.75) is 37.8 Å². The zero-order chi connectivity index (χ0) is 20.7. The van der Waals surface area contributed by atoms with Crippen LogP contribution >= 0.6 is 11.6 Å². The summed E-state index contributed by atoms with van der Waals surface area (Å²) in [4.78, 5) is 33.6. The predicted molar refractivity (Wildman–Crippen MR) is 113 cm³/mol. The lowest BCUT2D eigenvalue weighted by molar-refractivity contribution is -0.140. The Bertz CT molecular complexity index is 1050. The van der Waals surface area contributed by atoms with E-state index in [1.165, 1.54) is 4.90 Å². The van der Waals surface area contributed by atoms with Gasteiger partial charge in [0.25, 0.3) is 0 Å². The fourth-order valence-corrected chi connectivity index (χ4v) is 4.54. The van der Waals surface area contributed by atoms with Gasteiger partial charge < -0.3 is 4.42 Å². The molecule has 1 aromatic heterocycles. The first kappa shape index (κ1) is 19.3. The summed E-state index contributed by atoms with van der Waals surface area (Å²) in [6, 6.07) is 14.7. The van der Waals surface area contributed by atoms with Crippen molar-refractivity contribution in [1.82, 2.24) is 14.8 Å². The van der Waals surface area contributed by atoms with Crippen LogP contribution in [0.3, 0.4) is 0 Å². The summed E-state index contributed by atoms with van der Waals surface area (Å²) in [6.07, 6.45) is 1.98. The van der Waals surface area contributed by atoms with Crippen LogP contribution in [0.15, 0.2) is 52.9 Å². The number of imide groups is 1. The van der Waals surface area contributed by atoms with Crippen molar-refractivity contribution < 1.29 is 14.0 Å². The molecular formula is C23H22ClN3O3. The van der Waals surface area contributed by atoms with E-state index in [1.807, 2.05) is 36.4 Å². The SMILES string of the molecule is O=C1C[C@@H](N2CCC(c3nc4ccccc4o3)CC2)C(=O)N1Cc1ccc(Cl)cc1. The molecule has 0 radical (unpaired) electrons. The molecule has 0 aliphatic carbocycles. The maximum absolute atomic E-state index is 13.0. The average Bonchev–Trinajstić information content (AvgIpc) is 3.32. The second-order valence-corrected chi connectivity index (χ2v) is 8.43. The highest BCUT2D eigenvalue weighted by molar-refractivity contribution is 6.30. The number of rotatable bonds is 4. The van der Waals surface area contributed by atoms with E-state index in [1.54, 1.807) is 12.1 Å². The molecule has 1 atom stereocenters.